The third-order valence-electron chi connectivity index (χ3n) is 5.85. The first-order chi connectivity index (χ1) is 13.8. The van der Waals surface area contributed by atoms with Gasteiger partial charge in [-0.05, 0) is 29.5 Å². The molecule has 2 aliphatic heterocycles. The molecule has 9 heteroatoms. The molecule has 2 amide bonds. The minimum atomic E-state index is -0.404. The largest absolute Gasteiger partial charge is 0.344 e. The molecule has 2 fully saturated rings. The number of rotatable bonds is 3. The summed E-state index contributed by atoms with van der Waals surface area (Å²) in [5.41, 5.74) is 1.58. The van der Waals surface area contributed by atoms with Crippen molar-refractivity contribution in [2.45, 2.75) is 13.5 Å². The van der Waals surface area contributed by atoms with E-state index in [9.17, 15) is 14.0 Å². The molecular weight excluding hydrogens is 397 g/mol. The zero-order valence-electron chi connectivity index (χ0n) is 16.4. The van der Waals surface area contributed by atoms with Crippen LogP contribution in [-0.4, -0.2) is 64.7 Å². The van der Waals surface area contributed by atoms with E-state index in [1.807, 2.05) is 4.90 Å². The Morgan fingerprint density at radius 2 is 1.93 bits per heavy atom. The first-order valence-electron chi connectivity index (χ1n) is 9.56. The molecule has 0 bridgehead atoms. The van der Waals surface area contributed by atoms with Gasteiger partial charge in [0, 0.05) is 46.7 Å². The number of aromatic nitrogens is 2. The van der Waals surface area contributed by atoms with Gasteiger partial charge >= 0.3 is 6.03 Å². The number of amides is 2. The fourth-order valence-corrected chi connectivity index (χ4v) is 4.39. The van der Waals surface area contributed by atoms with Crippen molar-refractivity contribution < 1.29 is 14.0 Å². The number of halogens is 2. The van der Waals surface area contributed by atoms with Gasteiger partial charge in [-0.25, -0.2) is 9.18 Å². The monoisotopic (exact) mass is 419 g/mol. The van der Waals surface area contributed by atoms with Crippen LogP contribution in [0.5, 0.6) is 0 Å². The molecule has 2 aliphatic rings. The molecular formula is C20H23ClFN5O2. The van der Waals surface area contributed by atoms with E-state index >= 15 is 0 Å². The Labute approximate surface area is 173 Å². The maximum Gasteiger partial charge on any atom is 0.344 e. The average molecular weight is 420 g/mol. The molecule has 2 atom stereocenters. The lowest BCUT2D eigenvalue weighted by Gasteiger charge is -2.21. The van der Waals surface area contributed by atoms with Crippen LogP contribution < -0.4 is 4.90 Å². The third kappa shape index (κ3) is 4.00. The van der Waals surface area contributed by atoms with E-state index in [-0.39, 0.29) is 17.0 Å². The average Bonchev–Trinajstić information content (AvgIpc) is 3.38. The van der Waals surface area contributed by atoms with Gasteiger partial charge in [-0.2, -0.15) is 9.78 Å². The number of carbonyl (C=O) groups is 2. The van der Waals surface area contributed by atoms with Gasteiger partial charge in [-0.1, -0.05) is 17.7 Å². The van der Waals surface area contributed by atoms with E-state index in [1.165, 1.54) is 28.8 Å². The molecule has 1 aromatic carbocycles. The number of anilines is 1. The summed E-state index contributed by atoms with van der Waals surface area (Å²) in [7, 11) is 1.65. The quantitative estimate of drug-likeness (QED) is 0.767. The van der Waals surface area contributed by atoms with Crippen LogP contribution >= 0.6 is 11.6 Å². The van der Waals surface area contributed by atoms with Crippen LogP contribution in [0.4, 0.5) is 14.9 Å². The Morgan fingerprint density at radius 1 is 1.24 bits per heavy atom. The normalized spacial score (nSPS) is 21.4. The van der Waals surface area contributed by atoms with Gasteiger partial charge in [-0.3, -0.25) is 9.69 Å². The summed E-state index contributed by atoms with van der Waals surface area (Å²) in [6, 6.07) is 4.67. The second kappa shape index (κ2) is 7.76. The van der Waals surface area contributed by atoms with Crippen LogP contribution in [0.2, 0.25) is 5.02 Å². The van der Waals surface area contributed by atoms with Crippen LogP contribution in [0.15, 0.2) is 30.6 Å². The standard InChI is InChI=1S/C20H23ClFN5O2/c1-13(28)24(2)17-6-23-27(12-17)20(29)26-10-15-8-25(9-16(15)11-26)7-14-3-4-19(22)18(21)5-14/h3-6,12,15-16H,7-11H2,1-2H3. The van der Waals surface area contributed by atoms with E-state index in [4.69, 9.17) is 11.6 Å². The number of nitrogens with zero attached hydrogens (tertiary/aromatic N) is 5. The smallest absolute Gasteiger partial charge is 0.322 e. The van der Waals surface area contributed by atoms with Crippen LogP contribution in [0, 0.1) is 17.7 Å². The molecule has 2 saturated heterocycles. The predicted octanol–water partition coefficient (Wildman–Crippen LogP) is 2.69. The summed E-state index contributed by atoms with van der Waals surface area (Å²) in [6.45, 7) is 5.33. The van der Waals surface area contributed by atoms with E-state index in [2.05, 4.69) is 10.00 Å². The second-order valence-corrected chi connectivity index (χ2v) is 8.28. The van der Waals surface area contributed by atoms with Crippen LogP contribution in [-0.2, 0) is 11.3 Å². The summed E-state index contributed by atoms with van der Waals surface area (Å²) < 4.78 is 14.6. The number of hydrogen-bond acceptors (Lipinski definition) is 4. The number of carbonyl (C=O) groups excluding carboxylic acids is 2. The van der Waals surface area contributed by atoms with E-state index in [0.717, 1.165) is 25.2 Å². The highest BCUT2D eigenvalue weighted by Gasteiger charge is 2.42. The highest BCUT2D eigenvalue weighted by molar-refractivity contribution is 6.30. The molecule has 3 heterocycles. The third-order valence-corrected chi connectivity index (χ3v) is 6.14. The molecule has 29 heavy (non-hydrogen) atoms. The summed E-state index contributed by atoms with van der Waals surface area (Å²) in [4.78, 5) is 29.9. The van der Waals surface area contributed by atoms with Crippen molar-refractivity contribution >= 4 is 29.2 Å². The zero-order chi connectivity index (χ0) is 20.7. The van der Waals surface area contributed by atoms with Crippen molar-refractivity contribution in [2.24, 2.45) is 11.8 Å². The lowest BCUT2D eigenvalue weighted by atomic mass is 10.0. The number of likely N-dealkylation sites (tertiary alicyclic amines) is 2. The molecule has 7 nitrogen and oxygen atoms in total. The molecule has 0 saturated carbocycles. The Morgan fingerprint density at radius 3 is 2.55 bits per heavy atom. The molecule has 0 spiro atoms. The van der Waals surface area contributed by atoms with Gasteiger partial charge in [0.25, 0.3) is 0 Å². The topological polar surface area (TPSA) is 61.7 Å². The van der Waals surface area contributed by atoms with Gasteiger partial charge in [0.1, 0.15) is 5.82 Å². The summed E-state index contributed by atoms with van der Waals surface area (Å²) >= 11 is 5.88. The van der Waals surface area contributed by atoms with Crippen LogP contribution in [0.3, 0.4) is 0 Å². The van der Waals surface area contributed by atoms with Gasteiger partial charge in [0.15, 0.2) is 0 Å². The number of benzene rings is 1. The Bertz CT molecular complexity index is 935. The molecule has 2 unspecified atom stereocenters. The molecule has 2 aromatic rings. The van der Waals surface area contributed by atoms with E-state index < -0.39 is 5.82 Å². The molecule has 1 aromatic heterocycles. The van der Waals surface area contributed by atoms with Crippen LogP contribution in [0.25, 0.3) is 0 Å². The Balaban J connectivity index is 1.34. The van der Waals surface area contributed by atoms with Gasteiger partial charge in [-0.15, -0.1) is 0 Å². The van der Waals surface area contributed by atoms with Crippen molar-refractivity contribution in [3.8, 4) is 0 Å². The van der Waals surface area contributed by atoms with E-state index in [0.29, 0.717) is 30.6 Å². The molecule has 0 radical (unpaired) electrons. The van der Waals surface area contributed by atoms with Crippen LogP contribution in [0.1, 0.15) is 12.5 Å². The van der Waals surface area contributed by atoms with Crippen molar-refractivity contribution in [2.75, 3.05) is 38.1 Å². The predicted molar refractivity (Wildman–Crippen MR) is 107 cm³/mol. The Hall–Kier alpha value is -2.45. The number of hydrogen-bond donors (Lipinski definition) is 0. The van der Waals surface area contributed by atoms with Gasteiger partial charge in [0.2, 0.25) is 5.91 Å². The maximum atomic E-state index is 13.3. The zero-order valence-corrected chi connectivity index (χ0v) is 17.1. The molecule has 0 N–H and O–H groups in total. The van der Waals surface area contributed by atoms with Gasteiger partial charge < -0.3 is 9.80 Å². The first kappa shape index (κ1) is 19.8. The molecule has 4 rings (SSSR count). The lowest BCUT2D eigenvalue weighted by molar-refractivity contribution is -0.116. The molecule has 0 aliphatic carbocycles. The second-order valence-electron chi connectivity index (χ2n) is 7.87. The van der Waals surface area contributed by atoms with Gasteiger partial charge in [0.05, 0.1) is 23.1 Å². The number of fused-ring (bicyclic) bond motifs is 1. The lowest BCUT2D eigenvalue weighted by Crippen LogP contribution is -2.36. The summed E-state index contributed by atoms with van der Waals surface area (Å²) in [5.74, 6) is 0.295. The highest BCUT2D eigenvalue weighted by atomic mass is 35.5. The minimum absolute atomic E-state index is 0.116. The SMILES string of the molecule is CC(=O)N(C)c1cnn(C(=O)N2CC3CN(Cc4ccc(F)c(Cl)c4)CC3C2)c1. The summed E-state index contributed by atoms with van der Waals surface area (Å²) in [5, 5.41) is 4.27. The highest BCUT2D eigenvalue weighted by Crippen LogP contribution is 2.32. The van der Waals surface area contributed by atoms with E-state index in [1.54, 1.807) is 25.4 Å². The Kier molecular flexibility index (Phi) is 5.31. The van der Waals surface area contributed by atoms with Crippen molar-refractivity contribution in [3.05, 3.63) is 47.0 Å². The van der Waals surface area contributed by atoms with Crippen molar-refractivity contribution in [1.82, 2.24) is 19.6 Å². The van der Waals surface area contributed by atoms with Crippen molar-refractivity contribution in [3.63, 3.8) is 0 Å². The maximum absolute atomic E-state index is 13.3. The summed E-state index contributed by atoms with van der Waals surface area (Å²) in [6.07, 6.45) is 3.11. The minimum Gasteiger partial charge on any atom is -0.322 e. The van der Waals surface area contributed by atoms with Crippen molar-refractivity contribution in [1.29, 1.82) is 0 Å². The first-order valence-corrected chi connectivity index (χ1v) is 9.94. The fourth-order valence-electron chi connectivity index (χ4n) is 4.19. The molecule has 154 valence electrons. The fraction of sp³-hybridized carbons (Fsp3) is 0.450.